The second-order valence-electron chi connectivity index (χ2n) is 6.70. The van der Waals surface area contributed by atoms with Gasteiger partial charge < -0.3 is 10.2 Å². The number of carbonyl (C=O) groups is 1. The van der Waals surface area contributed by atoms with Crippen LogP contribution in [0.15, 0.2) is 18.2 Å². The van der Waals surface area contributed by atoms with Crippen LogP contribution in [0.3, 0.4) is 0 Å². The van der Waals surface area contributed by atoms with Crippen LogP contribution in [0.4, 0.5) is 0 Å². The van der Waals surface area contributed by atoms with E-state index in [1.807, 2.05) is 6.07 Å². The van der Waals surface area contributed by atoms with E-state index < -0.39 is 5.97 Å². The minimum atomic E-state index is -0.844. The van der Waals surface area contributed by atoms with Crippen molar-refractivity contribution in [1.29, 1.82) is 0 Å². The first kappa shape index (κ1) is 14.6. The van der Waals surface area contributed by atoms with Crippen LogP contribution in [-0.2, 0) is 11.8 Å². The molecule has 21 heavy (non-hydrogen) atoms. The molecule has 0 saturated heterocycles. The molecule has 1 aromatic carbocycles. The third kappa shape index (κ3) is 2.38. The van der Waals surface area contributed by atoms with Crippen LogP contribution < -0.4 is 0 Å². The summed E-state index contributed by atoms with van der Waals surface area (Å²) >= 11 is 0. The summed E-state index contributed by atoms with van der Waals surface area (Å²) in [4.78, 5) is 11.2. The molecule has 2 N–H and O–H groups in total. The van der Waals surface area contributed by atoms with Gasteiger partial charge in [-0.3, -0.25) is 0 Å². The second kappa shape index (κ2) is 5.45. The lowest BCUT2D eigenvalue weighted by molar-refractivity contribution is 0.0451. The highest BCUT2D eigenvalue weighted by Gasteiger charge is 2.44. The monoisotopic (exact) mass is 288 g/mol. The fraction of sp³-hybridized carbons (Fsp3) is 0.611. The molecule has 0 spiro atoms. The van der Waals surface area contributed by atoms with Crippen LogP contribution in [0.1, 0.15) is 66.9 Å². The van der Waals surface area contributed by atoms with Crippen molar-refractivity contribution in [2.45, 2.75) is 63.4 Å². The molecule has 3 atom stereocenters. The predicted molar refractivity (Wildman–Crippen MR) is 81.7 cm³/mol. The number of benzene rings is 1. The Kier molecular flexibility index (Phi) is 3.78. The molecular weight excluding hydrogens is 264 g/mol. The highest BCUT2D eigenvalue weighted by molar-refractivity contribution is 5.88. The molecule has 0 aliphatic heterocycles. The Bertz CT molecular complexity index is 551. The summed E-state index contributed by atoms with van der Waals surface area (Å²) in [5, 5.41) is 19.2. The number of aromatic carboxylic acids is 1. The summed E-state index contributed by atoms with van der Waals surface area (Å²) in [7, 11) is 0. The van der Waals surface area contributed by atoms with Crippen molar-refractivity contribution in [3.05, 3.63) is 34.9 Å². The van der Waals surface area contributed by atoms with E-state index in [9.17, 15) is 15.0 Å². The molecule has 3 heteroatoms. The van der Waals surface area contributed by atoms with E-state index in [4.69, 9.17) is 0 Å². The maximum Gasteiger partial charge on any atom is 0.335 e. The van der Waals surface area contributed by atoms with Crippen LogP contribution in [0.25, 0.3) is 0 Å². The number of carboxylic acids is 1. The largest absolute Gasteiger partial charge is 0.478 e. The van der Waals surface area contributed by atoms with Crippen molar-refractivity contribution < 1.29 is 15.0 Å². The highest BCUT2D eigenvalue weighted by Crippen LogP contribution is 2.51. The molecule has 0 radical (unpaired) electrons. The molecule has 2 aliphatic carbocycles. The Morgan fingerprint density at radius 3 is 2.90 bits per heavy atom. The molecule has 0 aromatic heterocycles. The van der Waals surface area contributed by atoms with Gasteiger partial charge in [0.2, 0.25) is 0 Å². The molecule has 1 saturated carbocycles. The molecule has 3 nitrogen and oxygen atoms in total. The van der Waals surface area contributed by atoms with Gasteiger partial charge in [-0.1, -0.05) is 13.0 Å². The number of hydrogen-bond acceptors (Lipinski definition) is 2. The van der Waals surface area contributed by atoms with Crippen LogP contribution in [0.5, 0.6) is 0 Å². The first-order valence-electron chi connectivity index (χ1n) is 8.11. The van der Waals surface area contributed by atoms with Crippen molar-refractivity contribution in [2.75, 3.05) is 0 Å². The summed E-state index contributed by atoms with van der Waals surface area (Å²) in [5.74, 6) is -0.314. The Balaban J connectivity index is 2.09. The molecule has 0 bridgehead atoms. The SMILES string of the molecule is CCC12CCC(O)CC1CCCc1cc(C(=O)O)ccc12. The number of aryl methyl sites for hydroxylation is 1. The number of hydrogen-bond donors (Lipinski definition) is 2. The van der Waals surface area contributed by atoms with E-state index >= 15 is 0 Å². The minimum absolute atomic E-state index is 0.141. The van der Waals surface area contributed by atoms with Crippen molar-refractivity contribution >= 4 is 5.97 Å². The molecule has 0 amide bonds. The summed E-state index contributed by atoms with van der Waals surface area (Å²) in [6, 6.07) is 5.69. The van der Waals surface area contributed by atoms with Crippen LogP contribution in [-0.4, -0.2) is 22.3 Å². The Morgan fingerprint density at radius 2 is 2.19 bits per heavy atom. The summed E-state index contributed by atoms with van der Waals surface area (Å²) < 4.78 is 0. The van der Waals surface area contributed by atoms with Crippen LogP contribution in [0, 0.1) is 5.92 Å². The molecule has 1 aromatic rings. The normalized spacial score (nSPS) is 31.9. The molecule has 114 valence electrons. The topological polar surface area (TPSA) is 57.5 Å². The molecule has 0 heterocycles. The summed E-state index contributed by atoms with van der Waals surface area (Å²) in [5.41, 5.74) is 3.11. The van der Waals surface area contributed by atoms with E-state index in [1.54, 1.807) is 6.07 Å². The first-order valence-corrected chi connectivity index (χ1v) is 8.11. The van der Waals surface area contributed by atoms with Crippen LogP contribution in [0.2, 0.25) is 0 Å². The quantitative estimate of drug-likeness (QED) is 0.875. The Hall–Kier alpha value is -1.35. The van der Waals surface area contributed by atoms with Gasteiger partial charge in [0.1, 0.15) is 0 Å². The molecule has 1 fully saturated rings. The maximum atomic E-state index is 11.2. The maximum absolute atomic E-state index is 11.2. The third-order valence-corrected chi connectivity index (χ3v) is 5.78. The minimum Gasteiger partial charge on any atom is -0.478 e. The van der Waals surface area contributed by atoms with Gasteiger partial charge in [0, 0.05) is 0 Å². The molecule has 3 unspecified atom stereocenters. The van der Waals surface area contributed by atoms with Gasteiger partial charge in [0.15, 0.2) is 0 Å². The fourth-order valence-electron chi connectivity index (χ4n) is 4.66. The van der Waals surface area contributed by atoms with Crippen molar-refractivity contribution in [2.24, 2.45) is 5.92 Å². The lowest BCUT2D eigenvalue weighted by atomic mass is 9.59. The fourth-order valence-corrected chi connectivity index (χ4v) is 4.66. The Morgan fingerprint density at radius 1 is 1.38 bits per heavy atom. The van der Waals surface area contributed by atoms with Gasteiger partial charge in [-0.2, -0.15) is 0 Å². The van der Waals surface area contributed by atoms with E-state index in [1.165, 1.54) is 11.1 Å². The number of rotatable bonds is 2. The van der Waals surface area contributed by atoms with Gasteiger partial charge in [-0.15, -0.1) is 0 Å². The van der Waals surface area contributed by atoms with Gasteiger partial charge in [0.25, 0.3) is 0 Å². The summed E-state index contributed by atoms with van der Waals surface area (Å²) in [6.07, 6.45) is 6.90. The van der Waals surface area contributed by atoms with Gasteiger partial charge >= 0.3 is 5.97 Å². The van der Waals surface area contributed by atoms with E-state index in [2.05, 4.69) is 13.0 Å². The van der Waals surface area contributed by atoms with Crippen LogP contribution >= 0.6 is 0 Å². The van der Waals surface area contributed by atoms with Gasteiger partial charge in [0.05, 0.1) is 11.7 Å². The first-order chi connectivity index (χ1) is 10.1. The zero-order valence-electron chi connectivity index (χ0n) is 12.6. The average molecular weight is 288 g/mol. The molecule has 3 rings (SSSR count). The highest BCUT2D eigenvalue weighted by atomic mass is 16.4. The van der Waals surface area contributed by atoms with Crippen molar-refractivity contribution in [3.8, 4) is 0 Å². The second-order valence-corrected chi connectivity index (χ2v) is 6.70. The van der Waals surface area contributed by atoms with E-state index in [-0.39, 0.29) is 11.5 Å². The number of aliphatic hydroxyl groups is 1. The average Bonchev–Trinajstić information content (AvgIpc) is 2.63. The smallest absolute Gasteiger partial charge is 0.335 e. The van der Waals surface area contributed by atoms with E-state index in [0.717, 1.165) is 44.9 Å². The lowest BCUT2D eigenvalue weighted by Crippen LogP contribution is -2.41. The third-order valence-electron chi connectivity index (χ3n) is 5.78. The van der Waals surface area contributed by atoms with Crippen molar-refractivity contribution in [3.63, 3.8) is 0 Å². The summed E-state index contributed by atoms with van der Waals surface area (Å²) in [6.45, 7) is 2.24. The standard InChI is InChI=1S/C18H24O3/c1-2-18-9-8-15(19)11-14(18)5-3-4-12-10-13(17(20)21)6-7-16(12)18/h6-7,10,14-15,19H,2-5,8-9,11H2,1H3,(H,20,21). The van der Waals surface area contributed by atoms with E-state index in [0.29, 0.717) is 11.5 Å². The molecular formula is C18H24O3. The zero-order chi connectivity index (χ0) is 15.0. The Labute approximate surface area is 126 Å². The van der Waals surface area contributed by atoms with Gasteiger partial charge in [-0.05, 0) is 79.5 Å². The number of carboxylic acid groups (broad SMARTS) is 1. The number of aliphatic hydroxyl groups excluding tert-OH is 1. The van der Waals surface area contributed by atoms with Crippen molar-refractivity contribution in [1.82, 2.24) is 0 Å². The lowest BCUT2D eigenvalue weighted by Gasteiger charge is -2.46. The molecule has 2 aliphatic rings. The van der Waals surface area contributed by atoms with Gasteiger partial charge in [-0.25, -0.2) is 4.79 Å². The zero-order valence-corrected chi connectivity index (χ0v) is 12.6. The number of fused-ring (bicyclic) bond motifs is 3. The predicted octanol–water partition coefficient (Wildman–Crippen LogP) is 3.53.